The summed E-state index contributed by atoms with van der Waals surface area (Å²) >= 11 is 5.70. The largest absolute Gasteiger partial charge is 0.494 e. The smallest absolute Gasteiger partial charge is 0.170 e. The summed E-state index contributed by atoms with van der Waals surface area (Å²) in [6, 6.07) is 18.6. The van der Waals surface area contributed by atoms with Crippen molar-refractivity contribution in [3.05, 3.63) is 78.4 Å². The molecule has 2 atom stereocenters. The van der Waals surface area contributed by atoms with Crippen LogP contribution < -0.4 is 10.1 Å². The first kappa shape index (κ1) is 19.5. The number of rotatable bonds is 7. The maximum atomic E-state index is 5.70. The van der Waals surface area contributed by atoms with E-state index in [9.17, 15) is 0 Å². The number of nitrogens with zero attached hydrogens (tertiary/aromatic N) is 3. The van der Waals surface area contributed by atoms with Gasteiger partial charge in [0.1, 0.15) is 5.75 Å². The van der Waals surface area contributed by atoms with E-state index in [2.05, 4.69) is 63.2 Å². The second kappa shape index (κ2) is 8.66. The summed E-state index contributed by atoms with van der Waals surface area (Å²) in [6.45, 7) is 5.73. The first-order valence-electron chi connectivity index (χ1n) is 10.1. The lowest BCUT2D eigenvalue weighted by Gasteiger charge is -2.28. The van der Waals surface area contributed by atoms with Crippen molar-refractivity contribution in [1.29, 1.82) is 0 Å². The summed E-state index contributed by atoms with van der Waals surface area (Å²) in [5.41, 5.74) is 3.28. The van der Waals surface area contributed by atoms with Gasteiger partial charge >= 0.3 is 0 Å². The lowest BCUT2D eigenvalue weighted by molar-refractivity contribution is 0.309. The molecule has 1 N–H and O–H groups in total. The van der Waals surface area contributed by atoms with E-state index < -0.39 is 0 Å². The molecule has 0 spiro atoms. The van der Waals surface area contributed by atoms with Gasteiger partial charge in [-0.3, -0.25) is 4.98 Å². The highest BCUT2D eigenvalue weighted by Gasteiger charge is 2.40. The van der Waals surface area contributed by atoms with E-state index in [0.29, 0.717) is 6.61 Å². The third-order valence-electron chi connectivity index (χ3n) is 5.17. The minimum Gasteiger partial charge on any atom is -0.494 e. The molecule has 1 saturated heterocycles. The average molecular weight is 407 g/mol. The number of nitrogens with one attached hydrogen (secondary N) is 1. The highest BCUT2D eigenvalue weighted by atomic mass is 32.1. The van der Waals surface area contributed by atoms with Crippen molar-refractivity contribution in [2.24, 2.45) is 0 Å². The molecule has 6 heteroatoms. The van der Waals surface area contributed by atoms with E-state index in [1.165, 1.54) is 5.69 Å². The quantitative estimate of drug-likeness (QED) is 0.579. The molecule has 0 aliphatic carbocycles. The van der Waals surface area contributed by atoms with Crippen molar-refractivity contribution >= 4 is 17.3 Å². The van der Waals surface area contributed by atoms with Gasteiger partial charge in [-0.1, -0.05) is 13.0 Å². The molecule has 4 rings (SSSR count). The summed E-state index contributed by atoms with van der Waals surface area (Å²) in [7, 11) is 0. The third-order valence-corrected chi connectivity index (χ3v) is 5.52. The molecule has 1 aliphatic heterocycles. The number of thiocarbonyl (C=S) groups is 1. The molecule has 0 amide bonds. The lowest BCUT2D eigenvalue weighted by Crippen LogP contribution is -2.31. The van der Waals surface area contributed by atoms with E-state index in [-0.39, 0.29) is 12.1 Å². The Labute approximate surface area is 177 Å². The first-order valence-corrected chi connectivity index (χ1v) is 10.5. The summed E-state index contributed by atoms with van der Waals surface area (Å²) in [5.74, 6) is 0.882. The predicted molar refractivity (Wildman–Crippen MR) is 119 cm³/mol. The van der Waals surface area contributed by atoms with Crippen LogP contribution in [0.4, 0.5) is 0 Å². The van der Waals surface area contributed by atoms with E-state index in [1.807, 2.05) is 37.4 Å². The van der Waals surface area contributed by atoms with Gasteiger partial charge in [0, 0.05) is 30.3 Å². The Balaban J connectivity index is 1.74. The fraction of sp³-hybridized carbons (Fsp3) is 0.304. The molecule has 1 aromatic carbocycles. The highest BCUT2D eigenvalue weighted by molar-refractivity contribution is 7.80. The molecular weight excluding hydrogens is 380 g/mol. The van der Waals surface area contributed by atoms with Gasteiger partial charge in [0.15, 0.2) is 5.11 Å². The maximum absolute atomic E-state index is 5.70. The van der Waals surface area contributed by atoms with Crippen LogP contribution in [-0.4, -0.2) is 32.7 Å². The zero-order valence-corrected chi connectivity index (χ0v) is 17.6. The lowest BCUT2D eigenvalue weighted by atomic mass is 10.0. The fourth-order valence-electron chi connectivity index (χ4n) is 3.95. The van der Waals surface area contributed by atoms with Crippen molar-refractivity contribution in [1.82, 2.24) is 19.8 Å². The van der Waals surface area contributed by atoms with Crippen molar-refractivity contribution in [2.45, 2.75) is 32.4 Å². The van der Waals surface area contributed by atoms with Crippen LogP contribution in [0, 0.1) is 0 Å². The van der Waals surface area contributed by atoms with Crippen LogP contribution in [0.3, 0.4) is 0 Å². The van der Waals surface area contributed by atoms with Crippen LogP contribution in [0.15, 0.2) is 67.0 Å². The summed E-state index contributed by atoms with van der Waals surface area (Å²) in [5, 5.41) is 4.29. The molecule has 3 heterocycles. The van der Waals surface area contributed by atoms with Gasteiger partial charge in [-0.25, -0.2) is 0 Å². The Morgan fingerprint density at radius 2 is 1.90 bits per heavy atom. The number of hydrogen-bond donors (Lipinski definition) is 1. The molecule has 3 aromatic rings. The van der Waals surface area contributed by atoms with Crippen molar-refractivity contribution < 1.29 is 4.74 Å². The van der Waals surface area contributed by atoms with Gasteiger partial charge in [-0.2, -0.15) is 0 Å². The van der Waals surface area contributed by atoms with Gasteiger partial charge in [0.05, 0.1) is 24.4 Å². The standard InChI is InChI=1S/C23H26N4OS/c1-3-15-27-22(21(25-23(27)29)19-8-5-6-14-24-19)20-9-7-16-26(20)17-10-12-18(13-11-17)28-4-2/h5-14,16,21-22H,3-4,15H2,1-2H3,(H,25,29)/t21-,22+/m0/s1. The van der Waals surface area contributed by atoms with Gasteiger partial charge in [0.2, 0.25) is 0 Å². The van der Waals surface area contributed by atoms with E-state index in [0.717, 1.165) is 35.2 Å². The number of pyridine rings is 1. The van der Waals surface area contributed by atoms with Gasteiger partial charge in [-0.15, -0.1) is 0 Å². The van der Waals surface area contributed by atoms with E-state index in [4.69, 9.17) is 17.0 Å². The molecule has 2 aromatic heterocycles. The average Bonchev–Trinajstić information content (AvgIpc) is 3.35. The SMILES string of the molecule is CCCN1C(=S)N[C@@H](c2ccccn2)[C@H]1c1cccn1-c1ccc(OCC)cc1. The second-order valence-electron chi connectivity index (χ2n) is 7.05. The Kier molecular flexibility index (Phi) is 5.81. The summed E-state index contributed by atoms with van der Waals surface area (Å²) in [4.78, 5) is 6.90. The second-order valence-corrected chi connectivity index (χ2v) is 7.44. The Morgan fingerprint density at radius 1 is 1.07 bits per heavy atom. The summed E-state index contributed by atoms with van der Waals surface area (Å²) < 4.78 is 7.82. The first-order chi connectivity index (χ1) is 14.2. The van der Waals surface area contributed by atoms with Crippen molar-refractivity contribution in [3.8, 4) is 11.4 Å². The number of hydrogen-bond acceptors (Lipinski definition) is 3. The Bertz CT molecular complexity index is 955. The zero-order chi connectivity index (χ0) is 20.2. The highest BCUT2D eigenvalue weighted by Crippen LogP contribution is 2.39. The molecule has 150 valence electrons. The molecular formula is C23H26N4OS. The maximum Gasteiger partial charge on any atom is 0.170 e. The Morgan fingerprint density at radius 3 is 2.59 bits per heavy atom. The normalized spacial score (nSPS) is 18.7. The van der Waals surface area contributed by atoms with Crippen LogP contribution in [0.1, 0.15) is 43.7 Å². The molecule has 0 saturated carbocycles. The third kappa shape index (κ3) is 3.85. The van der Waals surface area contributed by atoms with Gasteiger partial charge in [-0.05, 0) is 74.1 Å². The fourth-order valence-corrected chi connectivity index (χ4v) is 4.28. The predicted octanol–water partition coefficient (Wildman–Crippen LogP) is 4.65. The summed E-state index contributed by atoms with van der Waals surface area (Å²) in [6.07, 6.45) is 4.97. The number of benzene rings is 1. The molecule has 1 fully saturated rings. The van der Waals surface area contributed by atoms with Crippen molar-refractivity contribution in [3.63, 3.8) is 0 Å². The molecule has 29 heavy (non-hydrogen) atoms. The van der Waals surface area contributed by atoms with Crippen LogP contribution in [0.2, 0.25) is 0 Å². The molecule has 0 unspecified atom stereocenters. The van der Waals surface area contributed by atoms with Crippen LogP contribution in [0.5, 0.6) is 5.75 Å². The van der Waals surface area contributed by atoms with Crippen LogP contribution in [0.25, 0.3) is 5.69 Å². The molecule has 1 aliphatic rings. The molecule has 0 bridgehead atoms. The number of ether oxygens (including phenoxy) is 1. The zero-order valence-electron chi connectivity index (χ0n) is 16.8. The van der Waals surface area contributed by atoms with Crippen LogP contribution >= 0.6 is 12.2 Å². The van der Waals surface area contributed by atoms with Gasteiger partial charge < -0.3 is 19.5 Å². The monoisotopic (exact) mass is 406 g/mol. The minimum absolute atomic E-state index is 0.00611. The van der Waals surface area contributed by atoms with E-state index in [1.54, 1.807) is 0 Å². The Hall–Kier alpha value is -2.86. The van der Waals surface area contributed by atoms with Crippen LogP contribution in [-0.2, 0) is 0 Å². The number of aromatic nitrogens is 2. The topological polar surface area (TPSA) is 42.3 Å². The van der Waals surface area contributed by atoms with E-state index >= 15 is 0 Å². The molecule has 5 nitrogen and oxygen atoms in total. The minimum atomic E-state index is 0.00611. The van der Waals surface area contributed by atoms with Crippen molar-refractivity contribution in [2.75, 3.05) is 13.2 Å². The molecule has 0 radical (unpaired) electrons. The van der Waals surface area contributed by atoms with Gasteiger partial charge in [0.25, 0.3) is 0 Å².